The molecule has 1 aliphatic heterocycles. The summed E-state index contributed by atoms with van der Waals surface area (Å²) in [6, 6.07) is 12.6. The van der Waals surface area contributed by atoms with Crippen molar-refractivity contribution in [2.45, 2.75) is 30.6 Å². The van der Waals surface area contributed by atoms with Gasteiger partial charge in [-0.1, -0.05) is 47.0 Å². The molecule has 29 heavy (non-hydrogen) atoms. The third-order valence-corrected chi connectivity index (χ3v) is 7.14. The minimum atomic E-state index is -3.67. The van der Waals surface area contributed by atoms with Crippen LogP contribution in [0.4, 0.5) is 0 Å². The molecule has 2 aromatic carbocycles. The molecular weight excluding hydrogens is 458 g/mol. The Morgan fingerprint density at radius 1 is 0.931 bits per heavy atom. The third kappa shape index (κ3) is 5.52. The van der Waals surface area contributed by atoms with Crippen LogP contribution in [-0.2, 0) is 14.8 Å². The maximum Gasteiger partial charge on any atom is 0.338 e. The average molecular weight is 480 g/mol. The summed E-state index contributed by atoms with van der Waals surface area (Å²) in [4.78, 5) is 24.6. The highest BCUT2D eigenvalue weighted by atomic mass is 79.9. The number of hydrogen-bond donors (Lipinski definition) is 0. The van der Waals surface area contributed by atoms with E-state index in [1.54, 1.807) is 24.3 Å². The van der Waals surface area contributed by atoms with Crippen molar-refractivity contribution in [2.24, 2.45) is 0 Å². The zero-order valence-electron chi connectivity index (χ0n) is 15.8. The van der Waals surface area contributed by atoms with Crippen LogP contribution >= 0.6 is 15.9 Å². The van der Waals surface area contributed by atoms with Crippen LogP contribution in [0.25, 0.3) is 0 Å². The molecule has 0 amide bonds. The lowest BCUT2D eigenvalue weighted by Crippen LogP contribution is -2.32. The third-order valence-electron chi connectivity index (χ3n) is 4.75. The van der Waals surface area contributed by atoms with Gasteiger partial charge in [-0.3, -0.25) is 4.79 Å². The van der Waals surface area contributed by atoms with Crippen molar-refractivity contribution in [3.8, 4) is 0 Å². The Morgan fingerprint density at radius 2 is 1.59 bits per heavy atom. The summed E-state index contributed by atoms with van der Waals surface area (Å²) in [5.74, 6) is -1.07. The Bertz CT molecular complexity index is 998. The van der Waals surface area contributed by atoms with E-state index in [4.69, 9.17) is 4.74 Å². The van der Waals surface area contributed by atoms with Gasteiger partial charge in [0.2, 0.25) is 10.0 Å². The molecule has 2 aromatic rings. The highest BCUT2D eigenvalue weighted by molar-refractivity contribution is 9.10. The van der Waals surface area contributed by atoms with Crippen molar-refractivity contribution in [1.82, 2.24) is 4.31 Å². The van der Waals surface area contributed by atoms with Crippen LogP contribution in [0.2, 0.25) is 0 Å². The summed E-state index contributed by atoms with van der Waals surface area (Å²) in [5, 5.41) is 0. The Balaban J connectivity index is 1.69. The zero-order chi connectivity index (χ0) is 20.9. The van der Waals surface area contributed by atoms with Crippen LogP contribution in [0.1, 0.15) is 46.4 Å². The van der Waals surface area contributed by atoms with E-state index in [0.717, 1.165) is 30.2 Å². The van der Waals surface area contributed by atoms with Gasteiger partial charge in [0, 0.05) is 23.1 Å². The molecule has 1 heterocycles. The van der Waals surface area contributed by atoms with E-state index in [-0.39, 0.29) is 16.2 Å². The van der Waals surface area contributed by atoms with Gasteiger partial charge in [0.15, 0.2) is 12.4 Å². The quantitative estimate of drug-likeness (QED) is 0.460. The van der Waals surface area contributed by atoms with Gasteiger partial charge in [-0.05, 0) is 43.2 Å². The molecule has 0 aromatic heterocycles. The van der Waals surface area contributed by atoms with Gasteiger partial charge >= 0.3 is 5.97 Å². The number of rotatable bonds is 6. The normalized spacial score (nSPS) is 15.5. The lowest BCUT2D eigenvalue weighted by Gasteiger charge is -2.20. The van der Waals surface area contributed by atoms with E-state index >= 15 is 0 Å². The molecule has 0 spiro atoms. The number of Topliss-reactive ketones (excluding diaryl/α,β-unsaturated/α-hetero) is 1. The first-order valence-electron chi connectivity index (χ1n) is 9.44. The standard InChI is InChI=1S/C21H22BrNO5S/c22-18-9-5-7-16(13-18)20(24)15-28-21(25)17-8-6-10-19(14-17)29(26,27)23-11-3-1-2-4-12-23/h5-10,13-14H,1-4,11-12,15H2. The fourth-order valence-corrected chi connectivity index (χ4v) is 5.14. The number of ether oxygens (including phenoxy) is 1. The number of halogens is 1. The number of sulfonamides is 1. The second-order valence-corrected chi connectivity index (χ2v) is 9.71. The SMILES string of the molecule is O=C(COC(=O)c1cccc(S(=O)(=O)N2CCCCCC2)c1)c1cccc(Br)c1. The van der Waals surface area contributed by atoms with E-state index < -0.39 is 22.6 Å². The first kappa shape index (κ1) is 21.7. The van der Waals surface area contributed by atoms with Gasteiger partial charge in [-0.15, -0.1) is 0 Å². The Morgan fingerprint density at radius 3 is 2.28 bits per heavy atom. The summed E-state index contributed by atoms with van der Waals surface area (Å²) in [5.41, 5.74) is 0.521. The molecule has 154 valence electrons. The number of hydrogen-bond acceptors (Lipinski definition) is 5. The number of nitrogens with zero attached hydrogens (tertiary/aromatic N) is 1. The minimum absolute atomic E-state index is 0.0622. The summed E-state index contributed by atoms with van der Waals surface area (Å²) < 4.78 is 33.2. The molecule has 8 heteroatoms. The summed E-state index contributed by atoms with van der Waals surface area (Å²) in [6.45, 7) is 0.550. The van der Waals surface area contributed by atoms with E-state index in [1.165, 1.54) is 28.6 Å². The predicted octanol–water partition coefficient (Wildman–Crippen LogP) is 4.05. The minimum Gasteiger partial charge on any atom is -0.454 e. The highest BCUT2D eigenvalue weighted by Gasteiger charge is 2.26. The lowest BCUT2D eigenvalue weighted by atomic mass is 10.1. The van der Waals surface area contributed by atoms with E-state index in [1.807, 2.05) is 0 Å². The number of benzene rings is 2. The summed E-state index contributed by atoms with van der Waals surface area (Å²) >= 11 is 3.29. The van der Waals surface area contributed by atoms with Crippen molar-refractivity contribution in [3.05, 3.63) is 64.1 Å². The van der Waals surface area contributed by atoms with Crippen molar-refractivity contribution in [3.63, 3.8) is 0 Å². The molecule has 1 aliphatic rings. The Labute approximate surface area is 179 Å². The summed E-state index contributed by atoms with van der Waals surface area (Å²) in [6.07, 6.45) is 3.70. The molecule has 0 atom stereocenters. The fraction of sp³-hybridized carbons (Fsp3) is 0.333. The molecule has 0 saturated carbocycles. The molecular formula is C21H22BrNO5S. The molecule has 3 rings (SSSR count). The van der Waals surface area contributed by atoms with Gasteiger partial charge in [0.25, 0.3) is 0 Å². The molecule has 0 bridgehead atoms. The topological polar surface area (TPSA) is 80.8 Å². The largest absolute Gasteiger partial charge is 0.454 e. The van der Waals surface area contributed by atoms with Crippen LogP contribution in [0.3, 0.4) is 0 Å². The first-order valence-corrected chi connectivity index (χ1v) is 11.7. The van der Waals surface area contributed by atoms with Gasteiger partial charge in [-0.2, -0.15) is 4.31 Å². The van der Waals surface area contributed by atoms with Crippen LogP contribution < -0.4 is 0 Å². The van der Waals surface area contributed by atoms with Crippen molar-refractivity contribution in [1.29, 1.82) is 0 Å². The summed E-state index contributed by atoms with van der Waals surface area (Å²) in [7, 11) is -3.67. The molecule has 0 aliphatic carbocycles. The molecule has 0 radical (unpaired) electrons. The van der Waals surface area contributed by atoms with Crippen molar-refractivity contribution >= 4 is 37.7 Å². The monoisotopic (exact) mass is 479 g/mol. The zero-order valence-corrected chi connectivity index (χ0v) is 18.2. The molecule has 0 N–H and O–H groups in total. The van der Waals surface area contributed by atoms with E-state index in [2.05, 4.69) is 15.9 Å². The van der Waals surface area contributed by atoms with Gasteiger partial charge in [0.1, 0.15) is 0 Å². The molecule has 1 saturated heterocycles. The molecule has 1 fully saturated rings. The van der Waals surface area contributed by atoms with E-state index in [0.29, 0.717) is 18.7 Å². The van der Waals surface area contributed by atoms with Crippen LogP contribution in [0.15, 0.2) is 57.9 Å². The molecule has 6 nitrogen and oxygen atoms in total. The second kappa shape index (κ2) is 9.65. The van der Waals surface area contributed by atoms with E-state index in [9.17, 15) is 18.0 Å². The smallest absolute Gasteiger partial charge is 0.338 e. The van der Waals surface area contributed by atoms with Crippen molar-refractivity contribution < 1.29 is 22.7 Å². The van der Waals surface area contributed by atoms with Gasteiger partial charge in [0.05, 0.1) is 10.5 Å². The Hall–Kier alpha value is -2.03. The Kier molecular flexibility index (Phi) is 7.21. The number of ketones is 1. The maximum atomic E-state index is 12.9. The highest BCUT2D eigenvalue weighted by Crippen LogP contribution is 2.21. The lowest BCUT2D eigenvalue weighted by molar-refractivity contribution is 0.0474. The van der Waals surface area contributed by atoms with Crippen LogP contribution in [0, 0.1) is 0 Å². The fourth-order valence-electron chi connectivity index (χ4n) is 3.17. The number of esters is 1. The number of carbonyl (C=O) groups excluding carboxylic acids is 2. The maximum absolute atomic E-state index is 12.9. The average Bonchev–Trinajstić information content (AvgIpc) is 3.02. The van der Waals surface area contributed by atoms with Gasteiger partial charge < -0.3 is 4.74 Å². The predicted molar refractivity (Wildman–Crippen MR) is 112 cm³/mol. The van der Waals surface area contributed by atoms with Gasteiger partial charge in [-0.25, -0.2) is 13.2 Å². The van der Waals surface area contributed by atoms with Crippen LogP contribution in [0.5, 0.6) is 0 Å². The first-order chi connectivity index (χ1) is 13.9. The van der Waals surface area contributed by atoms with Crippen molar-refractivity contribution in [2.75, 3.05) is 19.7 Å². The number of carbonyl (C=O) groups is 2. The second-order valence-electron chi connectivity index (χ2n) is 6.86. The molecule has 0 unspecified atom stereocenters. The van der Waals surface area contributed by atoms with Crippen LogP contribution in [-0.4, -0.2) is 44.2 Å².